The van der Waals surface area contributed by atoms with E-state index in [2.05, 4.69) is 41.0 Å². The highest BCUT2D eigenvalue weighted by atomic mass is 28.1. The lowest BCUT2D eigenvalue weighted by Crippen LogP contribution is -2.16. The van der Waals surface area contributed by atoms with E-state index in [-0.39, 0.29) is 0 Å². The van der Waals surface area contributed by atoms with Gasteiger partial charge in [-0.05, 0) is 44.5 Å². The Morgan fingerprint density at radius 3 is 1.54 bits per heavy atom. The van der Waals surface area contributed by atoms with Gasteiger partial charge in [0.05, 0.1) is 0 Å². The monoisotopic (exact) mass is 376 g/mol. The summed E-state index contributed by atoms with van der Waals surface area (Å²) in [5.41, 5.74) is 1.39. The summed E-state index contributed by atoms with van der Waals surface area (Å²) in [6.45, 7) is 4.65. The van der Waals surface area contributed by atoms with Crippen LogP contribution in [-0.4, -0.2) is 29.9 Å². The molecule has 0 radical (unpaired) electrons. The van der Waals surface area contributed by atoms with Crippen molar-refractivity contribution in [3.8, 4) is 0 Å². The van der Waals surface area contributed by atoms with Crippen molar-refractivity contribution in [1.82, 2.24) is 10.6 Å². The molecule has 0 bridgehead atoms. The Bertz CT molecular complexity index is 383. The Kier molecular flexibility index (Phi) is 17.2. The van der Waals surface area contributed by atoms with E-state index in [1.807, 2.05) is 0 Å². The molecule has 0 aromatic heterocycles. The smallest absolute Gasteiger partial charge is 0.0205 e. The molecular weight excluding hydrogens is 332 g/mol. The molecule has 1 aromatic rings. The third kappa shape index (κ3) is 15.6. The van der Waals surface area contributed by atoms with Crippen LogP contribution in [0.2, 0.25) is 6.04 Å². The highest BCUT2D eigenvalue weighted by molar-refractivity contribution is 6.08. The first kappa shape index (κ1) is 23.4. The van der Waals surface area contributed by atoms with Crippen LogP contribution in [0, 0.1) is 0 Å². The highest BCUT2D eigenvalue weighted by Crippen LogP contribution is 2.11. The van der Waals surface area contributed by atoms with Crippen LogP contribution in [0.15, 0.2) is 30.3 Å². The van der Waals surface area contributed by atoms with Crippen molar-refractivity contribution in [2.75, 3.05) is 19.6 Å². The van der Waals surface area contributed by atoms with Crippen molar-refractivity contribution in [2.45, 2.75) is 89.6 Å². The fourth-order valence-electron chi connectivity index (χ4n) is 3.35. The summed E-state index contributed by atoms with van der Waals surface area (Å²) in [7, 11) is 1.36. The van der Waals surface area contributed by atoms with Gasteiger partial charge in [0.15, 0.2) is 0 Å². The minimum atomic E-state index is 1.01. The van der Waals surface area contributed by atoms with Crippen LogP contribution in [0.1, 0.15) is 82.6 Å². The molecule has 0 heterocycles. The predicted molar refractivity (Wildman–Crippen MR) is 121 cm³/mol. The quantitative estimate of drug-likeness (QED) is 0.267. The third-order valence-corrected chi connectivity index (χ3v) is 5.79. The second kappa shape index (κ2) is 19.1. The lowest BCUT2D eigenvalue weighted by molar-refractivity contribution is 0.530. The molecule has 0 amide bonds. The van der Waals surface area contributed by atoms with Crippen LogP contribution in [0.5, 0.6) is 0 Å². The molecule has 2 nitrogen and oxygen atoms in total. The normalized spacial score (nSPS) is 11.2. The molecule has 0 aliphatic rings. The van der Waals surface area contributed by atoms with E-state index >= 15 is 0 Å². The average Bonchev–Trinajstić information content (AvgIpc) is 2.68. The molecule has 0 atom stereocenters. The Morgan fingerprint density at radius 2 is 1.00 bits per heavy atom. The molecule has 0 saturated heterocycles. The maximum atomic E-state index is 3.56. The Balaban J connectivity index is 1.68. The van der Waals surface area contributed by atoms with Crippen LogP contribution >= 0.6 is 0 Å². The highest BCUT2D eigenvalue weighted by Gasteiger charge is 1.95. The summed E-state index contributed by atoms with van der Waals surface area (Å²) in [6, 6.07) is 12.1. The molecule has 0 unspecified atom stereocenters. The van der Waals surface area contributed by atoms with E-state index in [1.54, 1.807) is 0 Å². The van der Waals surface area contributed by atoms with Crippen molar-refractivity contribution in [3.05, 3.63) is 35.9 Å². The number of hydrogen-bond acceptors (Lipinski definition) is 2. The average molecular weight is 377 g/mol. The summed E-state index contributed by atoms with van der Waals surface area (Å²) >= 11 is 0. The lowest BCUT2D eigenvalue weighted by atomic mass is 10.1. The van der Waals surface area contributed by atoms with E-state index in [9.17, 15) is 0 Å². The fourth-order valence-corrected chi connectivity index (χ4v) is 3.70. The van der Waals surface area contributed by atoms with E-state index < -0.39 is 0 Å². The van der Waals surface area contributed by atoms with Gasteiger partial charge < -0.3 is 10.6 Å². The maximum absolute atomic E-state index is 3.56. The molecule has 3 heteroatoms. The molecule has 26 heavy (non-hydrogen) atoms. The summed E-state index contributed by atoms with van der Waals surface area (Å²) in [5, 5.41) is 7.10. The standard InChI is InChI=1S/C23H44N2Si/c26-21-15-20-24-18-13-8-6-4-2-1-3-5-7-9-14-19-25-22-23-16-11-10-12-17-23/h10-12,16-17,24-25H,1-9,13-15,18-22H2,26H3. The van der Waals surface area contributed by atoms with E-state index in [4.69, 9.17) is 0 Å². The molecule has 0 saturated carbocycles. The van der Waals surface area contributed by atoms with Gasteiger partial charge in [0.25, 0.3) is 0 Å². The zero-order valence-corrected chi connectivity index (χ0v) is 19.4. The second-order valence-electron chi connectivity index (χ2n) is 7.66. The zero-order valence-electron chi connectivity index (χ0n) is 17.4. The molecule has 0 aliphatic heterocycles. The van der Waals surface area contributed by atoms with Crippen molar-refractivity contribution in [1.29, 1.82) is 0 Å². The molecule has 2 N–H and O–H groups in total. The minimum absolute atomic E-state index is 1.01. The number of benzene rings is 1. The van der Waals surface area contributed by atoms with Crippen molar-refractivity contribution in [3.63, 3.8) is 0 Å². The van der Waals surface area contributed by atoms with Gasteiger partial charge in [0.1, 0.15) is 0 Å². The second-order valence-corrected chi connectivity index (χ2v) is 8.66. The fraction of sp³-hybridized carbons (Fsp3) is 0.739. The first-order chi connectivity index (χ1) is 12.9. The SMILES string of the molecule is [SiH3]CCCNCCCCCCCCCCCCCNCc1ccccc1. The van der Waals surface area contributed by atoms with Gasteiger partial charge in [-0.25, -0.2) is 0 Å². The first-order valence-corrected chi connectivity index (χ1v) is 12.8. The molecule has 1 rings (SSSR count). The van der Waals surface area contributed by atoms with Gasteiger partial charge >= 0.3 is 0 Å². The zero-order chi connectivity index (χ0) is 18.5. The largest absolute Gasteiger partial charge is 0.317 e. The van der Waals surface area contributed by atoms with E-state index in [1.165, 1.54) is 112 Å². The summed E-state index contributed by atoms with van der Waals surface area (Å²) < 4.78 is 0. The summed E-state index contributed by atoms with van der Waals surface area (Å²) in [4.78, 5) is 0. The molecule has 1 aromatic carbocycles. The van der Waals surface area contributed by atoms with Gasteiger partial charge in [0, 0.05) is 16.8 Å². The van der Waals surface area contributed by atoms with Crippen LogP contribution in [0.3, 0.4) is 0 Å². The van der Waals surface area contributed by atoms with Crippen LogP contribution in [0.4, 0.5) is 0 Å². The molecule has 0 aliphatic carbocycles. The number of hydrogen-bond donors (Lipinski definition) is 2. The van der Waals surface area contributed by atoms with Gasteiger partial charge in [0.2, 0.25) is 0 Å². The Hall–Kier alpha value is -0.643. The van der Waals surface area contributed by atoms with Gasteiger partial charge in [-0.3, -0.25) is 0 Å². The van der Waals surface area contributed by atoms with Crippen molar-refractivity contribution < 1.29 is 0 Å². The number of rotatable bonds is 19. The maximum Gasteiger partial charge on any atom is 0.0205 e. The third-order valence-electron chi connectivity index (χ3n) is 5.09. The molecule has 150 valence electrons. The van der Waals surface area contributed by atoms with Gasteiger partial charge in [-0.2, -0.15) is 0 Å². The van der Waals surface area contributed by atoms with Crippen molar-refractivity contribution >= 4 is 10.2 Å². The van der Waals surface area contributed by atoms with Crippen molar-refractivity contribution in [2.24, 2.45) is 0 Å². The molecule has 0 fully saturated rings. The summed E-state index contributed by atoms with van der Waals surface area (Å²) in [5.74, 6) is 0. The van der Waals surface area contributed by atoms with Gasteiger partial charge in [-0.1, -0.05) is 94.2 Å². The number of nitrogens with one attached hydrogen (secondary N) is 2. The van der Waals surface area contributed by atoms with E-state index in [0.717, 1.165) is 13.1 Å². The molecule has 0 spiro atoms. The van der Waals surface area contributed by atoms with Gasteiger partial charge in [-0.15, -0.1) is 0 Å². The Labute approximate surface area is 166 Å². The molecular formula is C23H44N2Si. The van der Waals surface area contributed by atoms with Crippen LogP contribution < -0.4 is 10.6 Å². The van der Waals surface area contributed by atoms with Crippen LogP contribution in [0.25, 0.3) is 0 Å². The first-order valence-electron chi connectivity index (χ1n) is 11.4. The lowest BCUT2D eigenvalue weighted by Gasteiger charge is -2.05. The number of unbranched alkanes of at least 4 members (excludes halogenated alkanes) is 10. The van der Waals surface area contributed by atoms with Crippen LogP contribution in [-0.2, 0) is 6.54 Å². The van der Waals surface area contributed by atoms with E-state index in [0.29, 0.717) is 0 Å². The minimum Gasteiger partial charge on any atom is -0.317 e. The Morgan fingerprint density at radius 1 is 0.538 bits per heavy atom. The topological polar surface area (TPSA) is 24.1 Å². The predicted octanol–water partition coefficient (Wildman–Crippen LogP) is 4.83. The summed E-state index contributed by atoms with van der Waals surface area (Å²) in [6.07, 6.45) is 17.0.